The number of esters is 1. The van der Waals surface area contributed by atoms with E-state index in [1.807, 2.05) is 6.07 Å². The van der Waals surface area contributed by atoms with Gasteiger partial charge in [0.2, 0.25) is 0 Å². The largest absolute Gasteiger partial charge is 0.426 e. The number of nitrogens with zero attached hydrogens (tertiary/aromatic N) is 2. The average Bonchev–Trinajstić information content (AvgIpc) is 3.18. The Morgan fingerprint density at radius 3 is 2.48 bits per heavy atom. The average molecular weight is 362 g/mol. The zero-order valence-corrected chi connectivity index (χ0v) is 14.6. The van der Waals surface area contributed by atoms with Crippen molar-refractivity contribution in [1.29, 1.82) is 5.26 Å². The second-order valence-corrected chi connectivity index (χ2v) is 6.29. The maximum atomic E-state index is 12.8. The van der Waals surface area contributed by atoms with Gasteiger partial charge >= 0.3 is 5.97 Å². The van der Waals surface area contributed by atoms with Gasteiger partial charge in [0.1, 0.15) is 18.0 Å². The van der Waals surface area contributed by atoms with Gasteiger partial charge in [0.15, 0.2) is 0 Å². The summed E-state index contributed by atoms with van der Waals surface area (Å²) in [6.45, 7) is 0.465. The molecule has 0 N–H and O–H groups in total. The molecule has 0 bridgehead atoms. The van der Waals surface area contributed by atoms with Crippen LogP contribution in [0.15, 0.2) is 54.6 Å². The summed E-state index contributed by atoms with van der Waals surface area (Å²) < 4.78 is 5.30. The van der Waals surface area contributed by atoms with Gasteiger partial charge in [-0.15, -0.1) is 0 Å². The van der Waals surface area contributed by atoms with Crippen molar-refractivity contribution in [3.63, 3.8) is 0 Å². The number of benzene rings is 2. The van der Waals surface area contributed by atoms with Gasteiger partial charge in [0, 0.05) is 12.1 Å². The summed E-state index contributed by atoms with van der Waals surface area (Å²) >= 11 is 0. The maximum absolute atomic E-state index is 12.8. The molecule has 1 heterocycles. The molecule has 2 unspecified atom stereocenters. The topological polar surface area (TPSA) is 87.5 Å². The van der Waals surface area contributed by atoms with E-state index in [-0.39, 0.29) is 5.91 Å². The van der Waals surface area contributed by atoms with E-state index in [4.69, 9.17) is 10.00 Å². The molecule has 6 heteroatoms. The fraction of sp³-hybridized carbons (Fsp3) is 0.238. The highest BCUT2D eigenvalue weighted by Gasteiger charge is 2.39. The Balaban J connectivity index is 1.76. The van der Waals surface area contributed by atoms with E-state index in [1.54, 1.807) is 59.5 Å². The number of nitriles is 1. The van der Waals surface area contributed by atoms with Crippen molar-refractivity contribution in [2.45, 2.75) is 18.9 Å². The molecule has 1 aliphatic heterocycles. The number of carbonyl (C=O) groups is 3. The molecule has 2 atom stereocenters. The third-order valence-corrected chi connectivity index (χ3v) is 4.62. The first kappa shape index (κ1) is 18.3. The van der Waals surface area contributed by atoms with Gasteiger partial charge < -0.3 is 14.4 Å². The van der Waals surface area contributed by atoms with E-state index in [0.29, 0.717) is 42.5 Å². The molecule has 2 aromatic carbocycles. The fourth-order valence-corrected chi connectivity index (χ4v) is 3.25. The summed E-state index contributed by atoms with van der Waals surface area (Å²) in [5.41, 5.74) is 0.878. The summed E-state index contributed by atoms with van der Waals surface area (Å²) in [5.74, 6) is -1.62. The van der Waals surface area contributed by atoms with Gasteiger partial charge in [-0.05, 0) is 49.2 Å². The monoisotopic (exact) mass is 362 g/mol. The Kier molecular flexibility index (Phi) is 5.62. The van der Waals surface area contributed by atoms with Crippen molar-refractivity contribution in [3.05, 3.63) is 65.7 Å². The van der Waals surface area contributed by atoms with Crippen LogP contribution < -0.4 is 4.74 Å². The Labute approximate surface area is 157 Å². The van der Waals surface area contributed by atoms with E-state index in [2.05, 4.69) is 0 Å². The minimum Gasteiger partial charge on any atom is -0.426 e. The van der Waals surface area contributed by atoms with Crippen LogP contribution in [-0.4, -0.2) is 35.6 Å². The lowest BCUT2D eigenvalue weighted by Gasteiger charge is -2.27. The molecule has 0 aromatic heterocycles. The van der Waals surface area contributed by atoms with Crippen molar-refractivity contribution in [1.82, 2.24) is 4.90 Å². The standard InChI is InChI=1S/C21H18N2O4/c22-13-15-8-10-16(11-9-15)20(25)23-12-4-7-19(23)18(14-24)21(26)27-17-5-2-1-3-6-17/h1-3,5-6,8-11,14,18-19H,4,7,12H2. The molecular formula is C21H18N2O4. The molecule has 1 aliphatic rings. The van der Waals surface area contributed by atoms with Gasteiger partial charge in [-0.2, -0.15) is 5.26 Å². The molecule has 1 amide bonds. The predicted octanol–water partition coefficient (Wildman–Crippen LogP) is 2.58. The maximum Gasteiger partial charge on any atom is 0.323 e. The first-order valence-corrected chi connectivity index (χ1v) is 8.67. The van der Waals surface area contributed by atoms with Crippen molar-refractivity contribution in [2.75, 3.05) is 6.54 Å². The highest BCUT2D eigenvalue weighted by Crippen LogP contribution is 2.27. The second kappa shape index (κ2) is 8.28. The first-order chi connectivity index (χ1) is 13.1. The number of hydrogen-bond acceptors (Lipinski definition) is 5. The summed E-state index contributed by atoms with van der Waals surface area (Å²) in [6, 6.07) is 16.3. The third kappa shape index (κ3) is 4.04. The Bertz CT molecular complexity index is 871. The van der Waals surface area contributed by atoms with Crippen molar-refractivity contribution in [3.8, 4) is 11.8 Å². The number of ether oxygens (including phenoxy) is 1. The molecule has 1 saturated heterocycles. The molecule has 27 heavy (non-hydrogen) atoms. The van der Waals surface area contributed by atoms with Gasteiger partial charge in [-0.25, -0.2) is 0 Å². The Morgan fingerprint density at radius 2 is 1.85 bits per heavy atom. The Morgan fingerprint density at radius 1 is 1.15 bits per heavy atom. The van der Waals surface area contributed by atoms with E-state index >= 15 is 0 Å². The summed E-state index contributed by atoms with van der Waals surface area (Å²) in [6.07, 6.45) is 1.81. The molecule has 0 aliphatic carbocycles. The van der Waals surface area contributed by atoms with Gasteiger partial charge in [0.05, 0.1) is 17.7 Å². The molecule has 136 valence electrons. The van der Waals surface area contributed by atoms with Gasteiger partial charge in [-0.3, -0.25) is 9.59 Å². The van der Waals surface area contributed by atoms with E-state index in [9.17, 15) is 14.4 Å². The second-order valence-electron chi connectivity index (χ2n) is 6.29. The molecule has 0 saturated carbocycles. The first-order valence-electron chi connectivity index (χ1n) is 8.67. The van der Waals surface area contributed by atoms with Crippen LogP contribution in [0.1, 0.15) is 28.8 Å². The van der Waals surface area contributed by atoms with Crippen LogP contribution in [-0.2, 0) is 9.59 Å². The minimum absolute atomic E-state index is 0.263. The molecule has 2 aromatic rings. The van der Waals surface area contributed by atoms with Gasteiger partial charge in [-0.1, -0.05) is 18.2 Å². The number of hydrogen-bond donors (Lipinski definition) is 0. The van der Waals surface area contributed by atoms with Crippen LogP contribution in [0.3, 0.4) is 0 Å². The third-order valence-electron chi connectivity index (χ3n) is 4.62. The lowest BCUT2D eigenvalue weighted by atomic mass is 9.98. The number of aldehydes is 1. The summed E-state index contributed by atoms with van der Waals surface area (Å²) in [7, 11) is 0. The smallest absolute Gasteiger partial charge is 0.323 e. The molecular weight excluding hydrogens is 344 g/mol. The van der Waals surface area contributed by atoms with E-state index < -0.39 is 17.9 Å². The van der Waals surface area contributed by atoms with Crippen LogP contribution in [0.4, 0.5) is 0 Å². The lowest BCUT2D eigenvalue weighted by Crippen LogP contribution is -2.44. The minimum atomic E-state index is -1.05. The van der Waals surface area contributed by atoms with Crippen molar-refractivity contribution in [2.24, 2.45) is 5.92 Å². The molecule has 6 nitrogen and oxygen atoms in total. The number of rotatable bonds is 5. The van der Waals surface area contributed by atoms with Crippen LogP contribution in [0, 0.1) is 17.2 Å². The number of carbonyl (C=O) groups excluding carboxylic acids is 3. The number of likely N-dealkylation sites (tertiary alicyclic amines) is 1. The summed E-state index contributed by atoms with van der Waals surface area (Å²) in [4.78, 5) is 38.5. The number of amides is 1. The fourth-order valence-electron chi connectivity index (χ4n) is 3.25. The zero-order chi connectivity index (χ0) is 19.2. The van der Waals surface area contributed by atoms with Crippen LogP contribution in [0.2, 0.25) is 0 Å². The number of para-hydroxylation sites is 1. The van der Waals surface area contributed by atoms with Crippen molar-refractivity contribution < 1.29 is 19.1 Å². The molecule has 0 spiro atoms. The molecule has 1 fully saturated rings. The highest BCUT2D eigenvalue weighted by atomic mass is 16.5. The van der Waals surface area contributed by atoms with Crippen LogP contribution in [0.5, 0.6) is 5.75 Å². The zero-order valence-electron chi connectivity index (χ0n) is 14.6. The molecule has 3 rings (SSSR count). The summed E-state index contributed by atoms with van der Waals surface area (Å²) in [5, 5.41) is 8.87. The Hall–Kier alpha value is -3.46. The lowest BCUT2D eigenvalue weighted by molar-refractivity contribution is -0.142. The quantitative estimate of drug-likeness (QED) is 0.353. The van der Waals surface area contributed by atoms with Gasteiger partial charge in [0.25, 0.3) is 5.91 Å². The normalized spacial score (nSPS) is 17.0. The van der Waals surface area contributed by atoms with Crippen LogP contribution in [0.25, 0.3) is 0 Å². The van der Waals surface area contributed by atoms with Crippen LogP contribution >= 0.6 is 0 Å². The van der Waals surface area contributed by atoms with E-state index in [0.717, 1.165) is 0 Å². The predicted molar refractivity (Wildman–Crippen MR) is 96.8 cm³/mol. The van der Waals surface area contributed by atoms with E-state index in [1.165, 1.54) is 0 Å². The van der Waals surface area contributed by atoms with Crippen molar-refractivity contribution >= 4 is 18.2 Å². The molecule has 0 radical (unpaired) electrons. The highest BCUT2D eigenvalue weighted by molar-refractivity contribution is 5.96. The SMILES string of the molecule is N#Cc1ccc(C(=O)N2CCCC2C(C=O)C(=O)Oc2ccccc2)cc1.